The molecule has 0 saturated heterocycles. The summed E-state index contributed by atoms with van der Waals surface area (Å²) in [5.41, 5.74) is 0.723. The molecule has 2 rings (SSSR count). The number of hydrogen-bond acceptors (Lipinski definition) is 4. The third kappa shape index (κ3) is 2.10. The minimum Gasteiger partial charge on any atom is -0.460 e. The van der Waals surface area contributed by atoms with Gasteiger partial charge in [0.15, 0.2) is 5.89 Å². The van der Waals surface area contributed by atoms with E-state index in [0.717, 1.165) is 18.5 Å². The van der Waals surface area contributed by atoms with Crippen molar-refractivity contribution >= 4 is 5.97 Å². The Kier molecular flexibility index (Phi) is 2.99. The fraction of sp³-hybridized carbons (Fsp3) is 0.667. The Labute approximate surface area is 95.0 Å². The van der Waals surface area contributed by atoms with E-state index in [0.29, 0.717) is 24.2 Å². The molecule has 4 nitrogen and oxygen atoms in total. The summed E-state index contributed by atoms with van der Waals surface area (Å²) >= 11 is 0. The first-order valence-electron chi connectivity index (χ1n) is 5.81. The second kappa shape index (κ2) is 4.28. The third-order valence-corrected chi connectivity index (χ3v) is 2.60. The highest BCUT2D eigenvalue weighted by Crippen LogP contribution is 2.40. The standard InChI is InChI=1S/C12H17NO3/c1-4-15-12(14)10-9(7(2)3)13-11(16-10)8-5-6-8/h7-8H,4-6H2,1-3H3. The van der Waals surface area contributed by atoms with Crippen LogP contribution in [0.25, 0.3) is 0 Å². The Balaban J connectivity index is 2.29. The summed E-state index contributed by atoms with van der Waals surface area (Å²) < 4.78 is 10.5. The first-order chi connectivity index (χ1) is 7.63. The normalized spacial score (nSPS) is 15.5. The molecule has 1 aliphatic carbocycles. The van der Waals surface area contributed by atoms with Gasteiger partial charge in [-0.15, -0.1) is 0 Å². The Morgan fingerprint density at radius 2 is 2.25 bits per heavy atom. The average molecular weight is 223 g/mol. The summed E-state index contributed by atoms with van der Waals surface area (Å²) in [5.74, 6) is 1.19. The number of esters is 1. The molecule has 1 aromatic rings. The predicted molar refractivity (Wildman–Crippen MR) is 58.5 cm³/mol. The van der Waals surface area contributed by atoms with Crippen LogP contribution in [-0.2, 0) is 4.74 Å². The van der Waals surface area contributed by atoms with Gasteiger partial charge in [-0.1, -0.05) is 13.8 Å². The van der Waals surface area contributed by atoms with E-state index in [1.807, 2.05) is 13.8 Å². The number of oxazole rings is 1. The van der Waals surface area contributed by atoms with E-state index in [2.05, 4.69) is 4.98 Å². The van der Waals surface area contributed by atoms with E-state index in [9.17, 15) is 4.79 Å². The van der Waals surface area contributed by atoms with Crippen LogP contribution in [0.15, 0.2) is 4.42 Å². The lowest BCUT2D eigenvalue weighted by Gasteiger charge is -2.02. The van der Waals surface area contributed by atoms with Crippen LogP contribution in [0.2, 0.25) is 0 Å². The van der Waals surface area contributed by atoms with Crippen LogP contribution in [-0.4, -0.2) is 17.6 Å². The topological polar surface area (TPSA) is 52.3 Å². The zero-order valence-electron chi connectivity index (χ0n) is 9.95. The molecule has 0 spiro atoms. The molecule has 0 bridgehead atoms. The van der Waals surface area contributed by atoms with Gasteiger partial charge in [-0.05, 0) is 25.7 Å². The third-order valence-electron chi connectivity index (χ3n) is 2.60. The molecule has 4 heteroatoms. The van der Waals surface area contributed by atoms with E-state index < -0.39 is 5.97 Å². The fourth-order valence-electron chi connectivity index (χ4n) is 1.59. The second-order valence-electron chi connectivity index (χ2n) is 4.42. The number of aromatic nitrogens is 1. The molecular weight excluding hydrogens is 206 g/mol. The molecule has 1 heterocycles. The van der Waals surface area contributed by atoms with Gasteiger partial charge in [0.25, 0.3) is 0 Å². The van der Waals surface area contributed by atoms with Gasteiger partial charge < -0.3 is 9.15 Å². The van der Waals surface area contributed by atoms with Gasteiger partial charge in [-0.3, -0.25) is 0 Å². The number of carbonyl (C=O) groups excluding carboxylic acids is 1. The Hall–Kier alpha value is -1.32. The molecule has 16 heavy (non-hydrogen) atoms. The average Bonchev–Trinajstić information content (AvgIpc) is 2.97. The SMILES string of the molecule is CCOC(=O)c1oc(C2CC2)nc1C(C)C. The minimum absolute atomic E-state index is 0.177. The zero-order valence-corrected chi connectivity index (χ0v) is 9.95. The number of carbonyl (C=O) groups is 1. The molecule has 1 aliphatic rings. The summed E-state index contributed by atoms with van der Waals surface area (Å²) in [6, 6.07) is 0. The number of rotatable bonds is 4. The monoisotopic (exact) mass is 223 g/mol. The van der Waals surface area contributed by atoms with Crippen LogP contribution in [0.1, 0.15) is 67.6 Å². The van der Waals surface area contributed by atoms with Crippen molar-refractivity contribution in [3.63, 3.8) is 0 Å². The van der Waals surface area contributed by atoms with Crippen molar-refractivity contribution in [2.24, 2.45) is 0 Å². The highest BCUT2D eigenvalue weighted by molar-refractivity contribution is 5.87. The number of nitrogens with zero attached hydrogens (tertiary/aromatic N) is 1. The second-order valence-corrected chi connectivity index (χ2v) is 4.42. The van der Waals surface area contributed by atoms with E-state index >= 15 is 0 Å². The van der Waals surface area contributed by atoms with Gasteiger partial charge in [0, 0.05) is 5.92 Å². The summed E-state index contributed by atoms with van der Waals surface area (Å²) in [7, 11) is 0. The van der Waals surface area contributed by atoms with E-state index in [1.54, 1.807) is 6.92 Å². The van der Waals surface area contributed by atoms with Crippen LogP contribution in [0.5, 0.6) is 0 Å². The molecule has 1 fully saturated rings. The molecule has 0 atom stereocenters. The van der Waals surface area contributed by atoms with Crippen molar-refractivity contribution in [2.75, 3.05) is 6.61 Å². The molecule has 1 saturated carbocycles. The molecule has 88 valence electrons. The van der Waals surface area contributed by atoms with Crippen LogP contribution in [0.4, 0.5) is 0 Å². The van der Waals surface area contributed by atoms with Crippen molar-refractivity contribution in [3.8, 4) is 0 Å². The first kappa shape index (κ1) is 11.2. The van der Waals surface area contributed by atoms with Gasteiger partial charge in [-0.25, -0.2) is 9.78 Å². The minimum atomic E-state index is -0.398. The Morgan fingerprint density at radius 3 is 2.75 bits per heavy atom. The van der Waals surface area contributed by atoms with E-state index in [-0.39, 0.29) is 5.92 Å². The summed E-state index contributed by atoms with van der Waals surface area (Å²) in [6.07, 6.45) is 2.22. The highest BCUT2D eigenvalue weighted by atomic mass is 16.5. The van der Waals surface area contributed by atoms with Crippen molar-refractivity contribution < 1.29 is 13.9 Å². The Morgan fingerprint density at radius 1 is 1.56 bits per heavy atom. The molecule has 0 N–H and O–H groups in total. The lowest BCUT2D eigenvalue weighted by molar-refractivity contribution is 0.0486. The molecular formula is C12H17NO3. The molecule has 0 aliphatic heterocycles. The van der Waals surface area contributed by atoms with Crippen molar-refractivity contribution in [1.29, 1.82) is 0 Å². The smallest absolute Gasteiger partial charge is 0.376 e. The summed E-state index contributed by atoms with van der Waals surface area (Å²) in [4.78, 5) is 16.1. The number of ether oxygens (including phenoxy) is 1. The lowest BCUT2D eigenvalue weighted by Crippen LogP contribution is -2.07. The maximum Gasteiger partial charge on any atom is 0.376 e. The van der Waals surface area contributed by atoms with Crippen molar-refractivity contribution in [1.82, 2.24) is 4.98 Å². The van der Waals surface area contributed by atoms with Crippen LogP contribution < -0.4 is 0 Å². The van der Waals surface area contributed by atoms with Gasteiger partial charge in [0.2, 0.25) is 5.76 Å². The fourth-order valence-corrected chi connectivity index (χ4v) is 1.59. The van der Waals surface area contributed by atoms with E-state index in [1.165, 1.54) is 0 Å². The first-order valence-corrected chi connectivity index (χ1v) is 5.81. The summed E-state index contributed by atoms with van der Waals surface area (Å²) in [6.45, 7) is 6.13. The maximum atomic E-state index is 11.7. The van der Waals surface area contributed by atoms with Crippen LogP contribution in [0.3, 0.4) is 0 Å². The molecule has 0 radical (unpaired) electrons. The van der Waals surface area contributed by atoms with Crippen molar-refractivity contribution in [3.05, 3.63) is 17.3 Å². The quantitative estimate of drug-likeness (QED) is 0.736. The van der Waals surface area contributed by atoms with E-state index in [4.69, 9.17) is 9.15 Å². The number of hydrogen-bond donors (Lipinski definition) is 0. The van der Waals surface area contributed by atoms with Gasteiger partial charge in [0.05, 0.1) is 12.3 Å². The molecule has 0 amide bonds. The predicted octanol–water partition coefficient (Wildman–Crippen LogP) is 2.85. The van der Waals surface area contributed by atoms with Gasteiger partial charge in [0.1, 0.15) is 0 Å². The maximum absolute atomic E-state index is 11.7. The van der Waals surface area contributed by atoms with Gasteiger partial charge >= 0.3 is 5.97 Å². The Bertz CT molecular complexity index is 391. The highest BCUT2D eigenvalue weighted by Gasteiger charge is 2.32. The van der Waals surface area contributed by atoms with Crippen LogP contribution >= 0.6 is 0 Å². The van der Waals surface area contributed by atoms with Crippen LogP contribution in [0, 0.1) is 0 Å². The zero-order chi connectivity index (χ0) is 11.7. The van der Waals surface area contributed by atoms with Crippen molar-refractivity contribution in [2.45, 2.75) is 45.4 Å². The lowest BCUT2D eigenvalue weighted by atomic mass is 10.1. The summed E-state index contributed by atoms with van der Waals surface area (Å²) in [5, 5.41) is 0. The molecule has 0 aromatic carbocycles. The molecule has 1 aromatic heterocycles. The molecule has 0 unspecified atom stereocenters. The van der Waals surface area contributed by atoms with Gasteiger partial charge in [-0.2, -0.15) is 0 Å². The largest absolute Gasteiger partial charge is 0.460 e.